The van der Waals surface area contributed by atoms with Gasteiger partial charge in [-0.15, -0.1) is 0 Å². The van der Waals surface area contributed by atoms with E-state index < -0.39 is 0 Å². The van der Waals surface area contributed by atoms with E-state index in [1.807, 2.05) is 42.1 Å². The van der Waals surface area contributed by atoms with E-state index in [1.165, 1.54) is 5.56 Å². The Kier molecular flexibility index (Phi) is 3.37. The summed E-state index contributed by atoms with van der Waals surface area (Å²) in [5.41, 5.74) is 2.31. The van der Waals surface area contributed by atoms with Crippen LogP contribution in [0.5, 0.6) is 0 Å². The van der Waals surface area contributed by atoms with E-state index in [1.54, 1.807) is 6.20 Å². The normalized spacial score (nSPS) is 12.6. The Morgan fingerprint density at radius 2 is 2.12 bits per heavy atom. The van der Waals surface area contributed by atoms with Crippen molar-refractivity contribution in [3.05, 3.63) is 48.3 Å². The van der Waals surface area contributed by atoms with E-state index in [-0.39, 0.29) is 6.10 Å². The van der Waals surface area contributed by atoms with Gasteiger partial charge < -0.3 is 5.11 Å². The largest absolute Gasteiger partial charge is 0.393 e. The first-order chi connectivity index (χ1) is 7.77. The fraction of sp³-hybridized carbons (Fsp3) is 0.308. The van der Waals surface area contributed by atoms with Gasteiger partial charge in [0.25, 0.3) is 0 Å². The molecular formula is C13H16N2O. The van der Waals surface area contributed by atoms with E-state index in [4.69, 9.17) is 0 Å². The molecule has 0 aliphatic heterocycles. The van der Waals surface area contributed by atoms with Gasteiger partial charge in [0.1, 0.15) is 0 Å². The third-order valence-electron chi connectivity index (χ3n) is 2.57. The van der Waals surface area contributed by atoms with Crippen molar-refractivity contribution in [2.75, 3.05) is 0 Å². The highest BCUT2D eigenvalue weighted by atomic mass is 16.3. The first-order valence-corrected chi connectivity index (χ1v) is 5.53. The van der Waals surface area contributed by atoms with Crippen LogP contribution in [0.25, 0.3) is 5.69 Å². The summed E-state index contributed by atoms with van der Waals surface area (Å²) in [6.07, 6.45) is 5.09. The SMILES string of the molecule is C[C@H](O)CCc1ccccc1-n1cccn1. The second-order valence-electron chi connectivity index (χ2n) is 3.97. The lowest BCUT2D eigenvalue weighted by Crippen LogP contribution is -2.05. The van der Waals surface area contributed by atoms with Crippen molar-refractivity contribution in [1.82, 2.24) is 9.78 Å². The first-order valence-electron chi connectivity index (χ1n) is 5.53. The Balaban J connectivity index is 2.24. The minimum atomic E-state index is -0.259. The molecule has 1 aromatic carbocycles. The van der Waals surface area contributed by atoms with Crippen molar-refractivity contribution in [3.63, 3.8) is 0 Å². The fourth-order valence-corrected chi connectivity index (χ4v) is 1.72. The number of hydrogen-bond donors (Lipinski definition) is 1. The fourth-order valence-electron chi connectivity index (χ4n) is 1.72. The number of para-hydroxylation sites is 1. The summed E-state index contributed by atoms with van der Waals surface area (Å²) in [5, 5.41) is 13.5. The third kappa shape index (κ3) is 2.49. The summed E-state index contributed by atoms with van der Waals surface area (Å²) < 4.78 is 1.86. The number of nitrogens with zero attached hydrogens (tertiary/aromatic N) is 2. The lowest BCUT2D eigenvalue weighted by Gasteiger charge is -2.10. The summed E-state index contributed by atoms with van der Waals surface area (Å²) in [6, 6.07) is 10.1. The number of hydrogen-bond acceptors (Lipinski definition) is 2. The summed E-state index contributed by atoms with van der Waals surface area (Å²) in [7, 11) is 0. The lowest BCUT2D eigenvalue weighted by molar-refractivity contribution is 0.185. The summed E-state index contributed by atoms with van der Waals surface area (Å²) in [6.45, 7) is 1.82. The maximum atomic E-state index is 9.31. The van der Waals surface area contributed by atoms with Crippen LogP contribution in [0, 0.1) is 0 Å². The summed E-state index contributed by atoms with van der Waals surface area (Å²) >= 11 is 0. The van der Waals surface area contributed by atoms with Crippen molar-refractivity contribution < 1.29 is 5.11 Å². The minimum absolute atomic E-state index is 0.259. The monoisotopic (exact) mass is 216 g/mol. The maximum absolute atomic E-state index is 9.31. The highest BCUT2D eigenvalue weighted by Crippen LogP contribution is 2.15. The highest BCUT2D eigenvalue weighted by molar-refractivity contribution is 5.40. The van der Waals surface area contributed by atoms with Crippen LogP contribution in [0.2, 0.25) is 0 Å². The standard InChI is InChI=1S/C13H16N2O/c1-11(16)7-8-12-5-2-3-6-13(12)15-10-4-9-14-15/h2-6,9-11,16H,7-8H2,1H3/t11-/m0/s1. The number of aliphatic hydroxyl groups is 1. The van der Waals surface area contributed by atoms with Gasteiger partial charge in [-0.1, -0.05) is 18.2 Å². The number of benzene rings is 1. The molecule has 0 saturated carbocycles. The molecule has 1 aromatic heterocycles. The van der Waals surface area contributed by atoms with Gasteiger partial charge in [0.15, 0.2) is 0 Å². The summed E-state index contributed by atoms with van der Waals surface area (Å²) in [4.78, 5) is 0. The molecular weight excluding hydrogens is 200 g/mol. The van der Waals surface area contributed by atoms with Crippen molar-refractivity contribution >= 4 is 0 Å². The second kappa shape index (κ2) is 4.94. The molecule has 16 heavy (non-hydrogen) atoms. The number of aryl methyl sites for hydroxylation is 1. The van der Waals surface area contributed by atoms with Crippen LogP contribution in [0.1, 0.15) is 18.9 Å². The molecule has 1 heterocycles. The highest BCUT2D eigenvalue weighted by Gasteiger charge is 2.05. The van der Waals surface area contributed by atoms with Crippen molar-refractivity contribution in [2.24, 2.45) is 0 Å². The molecule has 0 amide bonds. The van der Waals surface area contributed by atoms with E-state index in [0.717, 1.165) is 18.5 Å². The van der Waals surface area contributed by atoms with E-state index in [9.17, 15) is 5.11 Å². The number of aliphatic hydroxyl groups excluding tert-OH is 1. The zero-order chi connectivity index (χ0) is 11.4. The lowest BCUT2D eigenvalue weighted by atomic mass is 10.1. The average molecular weight is 216 g/mol. The van der Waals surface area contributed by atoms with Crippen LogP contribution in [0.15, 0.2) is 42.7 Å². The Bertz CT molecular complexity index is 435. The Hall–Kier alpha value is -1.61. The van der Waals surface area contributed by atoms with Crippen LogP contribution in [0.4, 0.5) is 0 Å². The molecule has 0 fully saturated rings. The molecule has 0 bridgehead atoms. The molecule has 0 aliphatic rings. The second-order valence-corrected chi connectivity index (χ2v) is 3.97. The van der Waals surface area contributed by atoms with Gasteiger partial charge in [0, 0.05) is 12.4 Å². The van der Waals surface area contributed by atoms with E-state index in [2.05, 4.69) is 11.2 Å². The minimum Gasteiger partial charge on any atom is -0.393 e. The number of rotatable bonds is 4. The molecule has 2 rings (SSSR count). The molecule has 3 nitrogen and oxygen atoms in total. The molecule has 1 N–H and O–H groups in total. The zero-order valence-corrected chi connectivity index (χ0v) is 9.37. The van der Waals surface area contributed by atoms with Crippen LogP contribution < -0.4 is 0 Å². The van der Waals surface area contributed by atoms with E-state index >= 15 is 0 Å². The van der Waals surface area contributed by atoms with Gasteiger partial charge in [-0.25, -0.2) is 4.68 Å². The zero-order valence-electron chi connectivity index (χ0n) is 9.37. The molecule has 3 heteroatoms. The van der Waals surface area contributed by atoms with Gasteiger partial charge in [0.05, 0.1) is 11.8 Å². The average Bonchev–Trinajstić information content (AvgIpc) is 2.80. The molecule has 0 unspecified atom stereocenters. The van der Waals surface area contributed by atoms with Gasteiger partial charge in [0.2, 0.25) is 0 Å². The molecule has 0 saturated heterocycles. The van der Waals surface area contributed by atoms with Crippen molar-refractivity contribution in [3.8, 4) is 5.69 Å². The third-order valence-corrected chi connectivity index (χ3v) is 2.57. The quantitative estimate of drug-likeness (QED) is 0.850. The molecule has 2 aromatic rings. The predicted molar refractivity (Wildman–Crippen MR) is 63.6 cm³/mol. The van der Waals surface area contributed by atoms with Crippen LogP contribution in [0.3, 0.4) is 0 Å². The Morgan fingerprint density at radius 1 is 1.31 bits per heavy atom. The maximum Gasteiger partial charge on any atom is 0.0677 e. The first kappa shape index (κ1) is 10.9. The van der Waals surface area contributed by atoms with Crippen molar-refractivity contribution in [1.29, 1.82) is 0 Å². The molecule has 84 valence electrons. The predicted octanol–water partition coefficient (Wildman–Crippen LogP) is 2.19. The van der Waals surface area contributed by atoms with Crippen LogP contribution in [-0.2, 0) is 6.42 Å². The molecule has 0 spiro atoms. The summed E-state index contributed by atoms with van der Waals surface area (Å²) in [5.74, 6) is 0. The Morgan fingerprint density at radius 3 is 2.81 bits per heavy atom. The van der Waals surface area contributed by atoms with Gasteiger partial charge in [-0.3, -0.25) is 0 Å². The molecule has 1 atom stereocenters. The van der Waals surface area contributed by atoms with Crippen molar-refractivity contribution in [2.45, 2.75) is 25.9 Å². The smallest absolute Gasteiger partial charge is 0.0677 e. The Labute approximate surface area is 95.3 Å². The number of aromatic nitrogens is 2. The van der Waals surface area contributed by atoms with Gasteiger partial charge >= 0.3 is 0 Å². The van der Waals surface area contributed by atoms with Crippen LogP contribution >= 0.6 is 0 Å². The van der Waals surface area contributed by atoms with Gasteiger partial charge in [-0.2, -0.15) is 5.10 Å². The van der Waals surface area contributed by atoms with E-state index in [0.29, 0.717) is 0 Å². The molecule has 0 aliphatic carbocycles. The molecule has 0 radical (unpaired) electrons. The van der Waals surface area contributed by atoms with Crippen LogP contribution in [-0.4, -0.2) is 21.0 Å². The van der Waals surface area contributed by atoms with Gasteiger partial charge in [-0.05, 0) is 37.5 Å². The topological polar surface area (TPSA) is 38.0 Å².